The van der Waals surface area contributed by atoms with E-state index in [9.17, 15) is 43.2 Å². The molecule has 0 fully saturated rings. The summed E-state index contributed by atoms with van der Waals surface area (Å²) in [5, 5.41) is 10.5. The zero-order valence-corrected chi connectivity index (χ0v) is 61.5. The number of phosphoric ester groups is 2. The van der Waals surface area contributed by atoms with Gasteiger partial charge in [-0.15, -0.1) is 0 Å². The molecule has 0 aliphatic carbocycles. The average Bonchev–Trinajstić information content (AvgIpc) is 1.87. The molecule has 0 aliphatic heterocycles. The maximum atomic E-state index is 13.1. The topological polar surface area (TPSA) is 237 Å². The number of ether oxygens (including phenoxy) is 4. The van der Waals surface area contributed by atoms with Crippen molar-refractivity contribution in [3.05, 3.63) is 0 Å². The van der Waals surface area contributed by atoms with Gasteiger partial charge in [-0.1, -0.05) is 330 Å². The van der Waals surface area contributed by atoms with Gasteiger partial charge in [0.2, 0.25) is 0 Å². The molecule has 0 rings (SSSR count). The van der Waals surface area contributed by atoms with Gasteiger partial charge < -0.3 is 33.8 Å². The number of phosphoric acid groups is 2. The van der Waals surface area contributed by atoms with Gasteiger partial charge in [-0.2, -0.15) is 0 Å². The highest BCUT2D eigenvalue weighted by atomic mass is 31.2. The number of carbonyl (C=O) groups excluding carboxylic acids is 4. The molecule has 0 saturated heterocycles. The molecule has 3 N–H and O–H groups in total. The monoisotopic (exact) mass is 1350 g/mol. The number of hydrogen-bond acceptors (Lipinski definition) is 15. The molecule has 0 heterocycles. The van der Waals surface area contributed by atoms with E-state index in [1.54, 1.807) is 0 Å². The Balaban J connectivity index is 5.06. The second-order valence-corrected chi connectivity index (χ2v) is 29.7. The minimum atomic E-state index is -4.95. The minimum Gasteiger partial charge on any atom is -0.462 e. The Bertz CT molecular complexity index is 1770. The van der Waals surface area contributed by atoms with E-state index in [1.807, 2.05) is 0 Å². The third-order valence-electron chi connectivity index (χ3n) is 17.0. The molecule has 92 heavy (non-hydrogen) atoms. The average molecular weight is 1350 g/mol. The number of unbranched alkanes of at least 4 members (excludes halogenated alkanes) is 45. The van der Waals surface area contributed by atoms with E-state index < -0.39 is 97.5 Å². The number of rotatable bonds is 73. The van der Waals surface area contributed by atoms with Gasteiger partial charge in [-0.3, -0.25) is 37.3 Å². The van der Waals surface area contributed by atoms with E-state index in [0.29, 0.717) is 25.7 Å². The summed E-state index contributed by atoms with van der Waals surface area (Å²) in [7, 11) is -9.89. The van der Waals surface area contributed by atoms with Crippen LogP contribution in [0.4, 0.5) is 0 Å². The van der Waals surface area contributed by atoms with Crippen LogP contribution in [0.5, 0.6) is 0 Å². The fraction of sp³-hybridized carbons (Fsp3) is 0.945. The van der Waals surface area contributed by atoms with E-state index in [4.69, 9.17) is 37.0 Å². The zero-order valence-electron chi connectivity index (χ0n) is 59.7. The second kappa shape index (κ2) is 66.3. The summed E-state index contributed by atoms with van der Waals surface area (Å²) in [6.45, 7) is 7.16. The number of esters is 4. The molecule has 2 unspecified atom stereocenters. The molecular weight excluding hydrogens is 1210 g/mol. The molecule has 19 heteroatoms. The van der Waals surface area contributed by atoms with Gasteiger partial charge in [-0.25, -0.2) is 9.13 Å². The van der Waals surface area contributed by atoms with Crippen LogP contribution in [0, 0.1) is 5.92 Å². The molecular formula is C73H142O17P2. The van der Waals surface area contributed by atoms with Gasteiger partial charge in [0.25, 0.3) is 0 Å². The maximum absolute atomic E-state index is 13.1. The first kappa shape index (κ1) is 90.1. The lowest BCUT2D eigenvalue weighted by Crippen LogP contribution is -2.30. The summed E-state index contributed by atoms with van der Waals surface area (Å²) in [5.41, 5.74) is 0. The molecule has 17 nitrogen and oxygen atoms in total. The van der Waals surface area contributed by atoms with Crippen LogP contribution in [0.15, 0.2) is 0 Å². The Morgan fingerprint density at radius 1 is 0.293 bits per heavy atom. The van der Waals surface area contributed by atoms with Crippen molar-refractivity contribution in [2.45, 2.75) is 400 Å². The van der Waals surface area contributed by atoms with Crippen LogP contribution in [0.2, 0.25) is 0 Å². The molecule has 0 radical (unpaired) electrons. The van der Waals surface area contributed by atoms with Crippen molar-refractivity contribution >= 4 is 39.5 Å². The molecule has 0 aromatic rings. The molecule has 0 aliphatic rings. The van der Waals surface area contributed by atoms with E-state index in [1.165, 1.54) is 186 Å². The molecule has 0 aromatic heterocycles. The predicted molar refractivity (Wildman–Crippen MR) is 372 cm³/mol. The van der Waals surface area contributed by atoms with E-state index in [0.717, 1.165) is 115 Å². The summed E-state index contributed by atoms with van der Waals surface area (Å²) < 4.78 is 68.0. The van der Waals surface area contributed by atoms with Gasteiger partial charge in [0, 0.05) is 25.7 Å². The number of aliphatic hydroxyl groups excluding tert-OH is 1. The molecule has 0 aromatic carbocycles. The first-order valence-corrected chi connectivity index (χ1v) is 41.1. The fourth-order valence-corrected chi connectivity index (χ4v) is 12.8. The van der Waals surface area contributed by atoms with Gasteiger partial charge >= 0.3 is 39.5 Å². The highest BCUT2D eigenvalue weighted by molar-refractivity contribution is 7.47. The number of carbonyl (C=O) groups is 4. The lowest BCUT2D eigenvalue weighted by molar-refractivity contribution is -0.161. The largest absolute Gasteiger partial charge is 0.472 e. The van der Waals surface area contributed by atoms with E-state index in [-0.39, 0.29) is 25.7 Å². The van der Waals surface area contributed by atoms with Gasteiger partial charge in [-0.05, 0) is 31.6 Å². The Morgan fingerprint density at radius 2 is 0.500 bits per heavy atom. The zero-order chi connectivity index (χ0) is 67.7. The smallest absolute Gasteiger partial charge is 0.462 e. The molecule has 5 atom stereocenters. The minimum absolute atomic E-state index is 0.103. The Morgan fingerprint density at radius 3 is 0.739 bits per heavy atom. The molecule has 0 bridgehead atoms. The second-order valence-electron chi connectivity index (χ2n) is 26.8. The third kappa shape index (κ3) is 66.7. The number of aliphatic hydroxyl groups is 1. The highest BCUT2D eigenvalue weighted by Crippen LogP contribution is 2.45. The molecule has 0 amide bonds. The van der Waals surface area contributed by atoms with Crippen molar-refractivity contribution in [3.8, 4) is 0 Å². The number of hydrogen-bond donors (Lipinski definition) is 3. The Kier molecular flexibility index (Phi) is 64.9. The quantitative estimate of drug-likeness (QED) is 0.0222. The standard InChI is InChI=1S/C73H142O17P2/c1-6-9-12-15-17-18-19-20-21-22-23-24-25-26-31-34-37-40-44-49-54-59-73(78)90-69(63-84-71(76)57-52-47-43-39-36-33-30-28-27-29-32-35-38-42-46-50-55-66(4)5)65-88-92(81,82)86-61-67(74)60-85-91(79,80)87-64-68(62-83-70(75)56-51-45-14-11-8-3)89-72(77)58-53-48-41-16-13-10-7-2/h66-69,74H,6-65H2,1-5H3,(H,79,80)(H,81,82)/t67-,68+,69+/m0/s1. The fourth-order valence-electron chi connectivity index (χ4n) is 11.2. The Labute approximate surface area is 562 Å². The van der Waals surface area contributed by atoms with E-state index in [2.05, 4.69) is 34.6 Å². The van der Waals surface area contributed by atoms with Gasteiger partial charge in [0.15, 0.2) is 12.2 Å². The predicted octanol–water partition coefficient (Wildman–Crippen LogP) is 21.3. The van der Waals surface area contributed by atoms with E-state index >= 15 is 0 Å². The van der Waals surface area contributed by atoms with Crippen molar-refractivity contribution < 1.29 is 80.2 Å². The first-order valence-electron chi connectivity index (χ1n) is 38.1. The summed E-state index contributed by atoms with van der Waals surface area (Å²) in [5.74, 6) is -1.32. The summed E-state index contributed by atoms with van der Waals surface area (Å²) in [4.78, 5) is 72.2. The van der Waals surface area contributed by atoms with Crippen molar-refractivity contribution in [2.24, 2.45) is 5.92 Å². The highest BCUT2D eigenvalue weighted by Gasteiger charge is 2.30. The third-order valence-corrected chi connectivity index (χ3v) is 18.9. The van der Waals surface area contributed by atoms with Crippen LogP contribution in [0.1, 0.15) is 381 Å². The molecule has 546 valence electrons. The summed E-state index contributed by atoms with van der Waals surface area (Å²) >= 11 is 0. The van der Waals surface area contributed by atoms with Crippen molar-refractivity contribution in [2.75, 3.05) is 39.6 Å². The normalized spacial score (nSPS) is 14.0. The van der Waals surface area contributed by atoms with Crippen LogP contribution in [-0.4, -0.2) is 96.7 Å². The van der Waals surface area contributed by atoms with Crippen LogP contribution < -0.4 is 0 Å². The first-order chi connectivity index (χ1) is 44.5. The maximum Gasteiger partial charge on any atom is 0.472 e. The van der Waals surface area contributed by atoms with Crippen LogP contribution in [0.25, 0.3) is 0 Å². The van der Waals surface area contributed by atoms with Crippen LogP contribution >= 0.6 is 15.6 Å². The van der Waals surface area contributed by atoms with Crippen molar-refractivity contribution in [3.63, 3.8) is 0 Å². The van der Waals surface area contributed by atoms with Gasteiger partial charge in [0.1, 0.15) is 19.3 Å². The summed E-state index contributed by atoms with van der Waals surface area (Å²) in [6.07, 6.45) is 55.0. The lowest BCUT2D eigenvalue weighted by Gasteiger charge is -2.21. The van der Waals surface area contributed by atoms with Gasteiger partial charge in [0.05, 0.1) is 26.4 Å². The Hall–Kier alpha value is -1.94. The van der Waals surface area contributed by atoms with Crippen molar-refractivity contribution in [1.82, 2.24) is 0 Å². The summed E-state index contributed by atoms with van der Waals surface area (Å²) in [6, 6.07) is 0. The lowest BCUT2D eigenvalue weighted by atomic mass is 10.0. The molecule has 0 saturated carbocycles. The molecule has 0 spiro atoms. The van der Waals surface area contributed by atoms with Crippen molar-refractivity contribution in [1.29, 1.82) is 0 Å². The SMILES string of the molecule is CCCCCCCCCCCCCCCCCCCCCCCC(=O)O[C@H](COC(=O)CCCCCCCCCCCCCCCCCCC(C)C)COP(=O)(O)OC[C@@H](O)COP(=O)(O)OC[C@@H](COC(=O)CCCCCCC)OC(=O)CCCCCCCCC. The van der Waals surface area contributed by atoms with Crippen LogP contribution in [0.3, 0.4) is 0 Å². The van der Waals surface area contributed by atoms with Crippen LogP contribution in [-0.2, 0) is 65.4 Å².